The summed E-state index contributed by atoms with van der Waals surface area (Å²) < 4.78 is 0. The van der Waals surface area contributed by atoms with Gasteiger partial charge in [0.2, 0.25) is 0 Å². The first-order valence-corrected chi connectivity index (χ1v) is 7.15. The van der Waals surface area contributed by atoms with E-state index in [-0.39, 0.29) is 22.1 Å². The highest BCUT2D eigenvalue weighted by Crippen LogP contribution is 2.24. The van der Waals surface area contributed by atoms with Crippen LogP contribution in [0.3, 0.4) is 0 Å². The molecule has 6 nitrogen and oxygen atoms in total. The maximum absolute atomic E-state index is 11.6. The van der Waals surface area contributed by atoms with E-state index in [0.29, 0.717) is 9.81 Å². The van der Waals surface area contributed by atoms with Gasteiger partial charge in [0.1, 0.15) is 0 Å². The van der Waals surface area contributed by atoms with Crippen LogP contribution in [0, 0.1) is 0 Å². The summed E-state index contributed by atoms with van der Waals surface area (Å²) in [5.74, 6) is -0.682. The van der Waals surface area contributed by atoms with Crippen LogP contribution in [0.25, 0.3) is 9.81 Å². The molecule has 0 fully saturated rings. The number of amides is 2. The van der Waals surface area contributed by atoms with Gasteiger partial charge in [0.25, 0.3) is 11.8 Å². The van der Waals surface area contributed by atoms with Crippen LogP contribution in [0.5, 0.6) is 0 Å². The Kier molecular flexibility index (Phi) is 3.11. The predicted molar refractivity (Wildman–Crippen MR) is 80.9 cm³/mol. The molecule has 2 heterocycles. The number of amidine groups is 2. The zero-order chi connectivity index (χ0) is 14.3. The number of benzene rings is 1. The molecule has 3 rings (SSSR count). The van der Waals surface area contributed by atoms with Crippen LogP contribution in [0.1, 0.15) is 0 Å². The first kappa shape index (κ1) is 12.9. The summed E-state index contributed by atoms with van der Waals surface area (Å²) in [6, 6.07) is 7.00. The van der Waals surface area contributed by atoms with Crippen molar-refractivity contribution in [3.63, 3.8) is 0 Å². The third kappa shape index (κ3) is 2.23. The number of nitrogens with zero attached hydrogens (tertiary/aromatic N) is 2. The lowest BCUT2D eigenvalue weighted by Crippen LogP contribution is -2.14. The zero-order valence-electron chi connectivity index (χ0n) is 9.99. The van der Waals surface area contributed by atoms with Gasteiger partial charge in [0.15, 0.2) is 10.3 Å². The van der Waals surface area contributed by atoms with Crippen molar-refractivity contribution < 1.29 is 9.59 Å². The van der Waals surface area contributed by atoms with Gasteiger partial charge in [0.05, 0.1) is 9.81 Å². The van der Waals surface area contributed by atoms with Crippen molar-refractivity contribution in [1.82, 2.24) is 0 Å². The van der Waals surface area contributed by atoms with E-state index < -0.39 is 0 Å². The van der Waals surface area contributed by atoms with Crippen LogP contribution < -0.4 is 21.9 Å². The summed E-state index contributed by atoms with van der Waals surface area (Å²) in [6.07, 6.45) is 0. The molecular weight excluding hydrogens is 296 g/mol. The Morgan fingerprint density at radius 2 is 1.10 bits per heavy atom. The van der Waals surface area contributed by atoms with Gasteiger partial charge in [-0.3, -0.25) is 9.59 Å². The van der Waals surface area contributed by atoms with E-state index in [9.17, 15) is 9.59 Å². The largest absolute Gasteiger partial charge is 0.378 e. The summed E-state index contributed by atoms with van der Waals surface area (Å²) in [5, 5.41) is 1.92. The van der Waals surface area contributed by atoms with E-state index in [2.05, 4.69) is 9.98 Å². The number of nitrogens with two attached hydrogens (primary N) is 2. The van der Waals surface area contributed by atoms with E-state index in [1.807, 2.05) is 0 Å². The van der Waals surface area contributed by atoms with Gasteiger partial charge in [0, 0.05) is 0 Å². The monoisotopic (exact) mass is 304 g/mol. The number of thioether (sulfide) groups is 2. The lowest BCUT2D eigenvalue weighted by Gasteiger charge is -1.95. The Bertz CT molecular complexity index is 734. The second-order valence-corrected chi connectivity index (χ2v) is 6.01. The van der Waals surface area contributed by atoms with E-state index in [1.54, 1.807) is 24.3 Å². The second kappa shape index (κ2) is 4.80. The molecule has 0 saturated carbocycles. The molecule has 1 aromatic rings. The normalized spacial score (nSPS) is 18.6. The summed E-state index contributed by atoms with van der Waals surface area (Å²) in [4.78, 5) is 31.5. The van der Waals surface area contributed by atoms with Crippen molar-refractivity contribution >= 4 is 55.5 Å². The molecular formula is C12H8N4O2S2. The lowest BCUT2D eigenvalue weighted by atomic mass is 10.2. The maximum atomic E-state index is 11.6. The molecule has 0 spiro atoms. The highest BCUT2D eigenvalue weighted by atomic mass is 32.2. The van der Waals surface area contributed by atoms with Crippen molar-refractivity contribution in [1.29, 1.82) is 0 Å². The molecule has 2 aliphatic rings. The van der Waals surface area contributed by atoms with Crippen LogP contribution in [0.4, 0.5) is 0 Å². The van der Waals surface area contributed by atoms with Crippen LogP contribution >= 0.6 is 23.5 Å². The highest BCUT2D eigenvalue weighted by Gasteiger charge is 2.21. The zero-order valence-corrected chi connectivity index (χ0v) is 11.6. The summed E-state index contributed by atoms with van der Waals surface area (Å²) >= 11 is 2.28. The van der Waals surface area contributed by atoms with E-state index in [0.717, 1.165) is 34.0 Å². The third-order valence-electron chi connectivity index (χ3n) is 2.63. The first-order valence-electron chi connectivity index (χ1n) is 5.52. The second-order valence-electron chi connectivity index (χ2n) is 3.95. The van der Waals surface area contributed by atoms with Crippen molar-refractivity contribution in [2.75, 3.05) is 0 Å². The van der Waals surface area contributed by atoms with Gasteiger partial charge >= 0.3 is 0 Å². The molecule has 2 aliphatic heterocycles. The molecule has 0 radical (unpaired) electrons. The molecule has 2 amide bonds. The van der Waals surface area contributed by atoms with Crippen LogP contribution in [-0.4, -0.2) is 22.1 Å². The number of carbonyl (C=O) groups excluding carboxylic acids is 2. The van der Waals surface area contributed by atoms with E-state index >= 15 is 0 Å². The van der Waals surface area contributed by atoms with Crippen molar-refractivity contribution in [3.05, 3.63) is 34.7 Å². The average Bonchev–Trinajstić information content (AvgIpc) is 2.92. The molecule has 20 heavy (non-hydrogen) atoms. The Hall–Kier alpha value is -2.06. The lowest BCUT2D eigenvalue weighted by molar-refractivity contribution is -0.113. The van der Waals surface area contributed by atoms with Crippen molar-refractivity contribution in [2.24, 2.45) is 21.5 Å². The van der Waals surface area contributed by atoms with Crippen LogP contribution in [-0.2, 0) is 9.59 Å². The minimum atomic E-state index is -0.341. The molecule has 100 valence electrons. The number of hydrogen-bond acceptors (Lipinski definition) is 6. The van der Waals surface area contributed by atoms with Gasteiger partial charge in [-0.15, -0.1) is 0 Å². The van der Waals surface area contributed by atoms with Gasteiger partial charge < -0.3 is 11.5 Å². The summed E-state index contributed by atoms with van der Waals surface area (Å²) in [6.45, 7) is 0. The van der Waals surface area contributed by atoms with Gasteiger partial charge in [-0.05, 0) is 34.0 Å². The van der Waals surface area contributed by atoms with Crippen molar-refractivity contribution in [2.45, 2.75) is 0 Å². The standard InChI is InChI=1S/C12H8N4O2S2/c13-11-15-9(17)7(19-11)5-1-2-6(4-3-5)8-10(18)16-12(14)20-8/h1-4H,(H2,13,15,17)(H2,14,16,18). The fraction of sp³-hybridized carbons (Fsp3) is 0. The molecule has 1 aromatic carbocycles. The molecule has 8 heteroatoms. The molecule has 0 atom stereocenters. The molecule has 0 bridgehead atoms. The minimum Gasteiger partial charge on any atom is -0.378 e. The minimum absolute atomic E-state index is 0.242. The predicted octanol–water partition coefficient (Wildman–Crippen LogP) is -0.921. The van der Waals surface area contributed by atoms with E-state index in [4.69, 9.17) is 11.5 Å². The van der Waals surface area contributed by atoms with Crippen LogP contribution in [0.2, 0.25) is 0 Å². The summed E-state index contributed by atoms with van der Waals surface area (Å²) in [7, 11) is 0. The Labute approximate surface area is 121 Å². The third-order valence-corrected chi connectivity index (χ3v) is 4.46. The average molecular weight is 304 g/mol. The molecule has 4 N–H and O–H groups in total. The quantitative estimate of drug-likeness (QED) is 0.641. The van der Waals surface area contributed by atoms with Crippen molar-refractivity contribution in [3.8, 4) is 0 Å². The van der Waals surface area contributed by atoms with E-state index in [1.165, 1.54) is 0 Å². The Morgan fingerprint density at radius 3 is 1.35 bits per heavy atom. The molecule has 0 saturated heterocycles. The molecule has 0 aromatic heterocycles. The maximum Gasteiger partial charge on any atom is 0.286 e. The Morgan fingerprint density at radius 1 is 0.750 bits per heavy atom. The SMILES string of the molecule is NC1=NC(=O)C(=c2ccc(=C3SC(N)=NC3=O)cc2)S1. The number of rotatable bonds is 0. The molecule has 0 unspecified atom stereocenters. The van der Waals surface area contributed by atoms with Gasteiger partial charge in [-0.2, -0.15) is 9.98 Å². The fourth-order valence-corrected chi connectivity index (χ4v) is 3.23. The first-order chi connectivity index (χ1) is 9.54. The number of carbonyl (C=O) groups is 2. The smallest absolute Gasteiger partial charge is 0.286 e. The van der Waals surface area contributed by atoms with Gasteiger partial charge in [-0.1, -0.05) is 24.3 Å². The Balaban J connectivity index is 2.07. The topological polar surface area (TPSA) is 111 Å². The summed E-state index contributed by atoms with van der Waals surface area (Å²) in [5.41, 5.74) is 11.0. The fourth-order valence-electron chi connectivity index (χ4n) is 1.78. The highest BCUT2D eigenvalue weighted by molar-refractivity contribution is 8.23. The number of hydrogen-bond donors (Lipinski definition) is 2. The van der Waals surface area contributed by atoms with Crippen LogP contribution in [0.15, 0.2) is 34.3 Å². The number of aliphatic imine (C=N–C) groups is 2. The molecule has 0 aliphatic carbocycles. The van der Waals surface area contributed by atoms with Gasteiger partial charge in [-0.25, -0.2) is 0 Å².